The number of nitro benzene ring substituents is 1. The summed E-state index contributed by atoms with van der Waals surface area (Å²) in [5, 5.41) is 14.9. The first-order valence-electron chi connectivity index (χ1n) is 9.47. The van der Waals surface area contributed by atoms with Gasteiger partial charge in [-0.25, -0.2) is 0 Å². The Morgan fingerprint density at radius 2 is 1.81 bits per heavy atom. The molecule has 0 radical (unpaired) electrons. The van der Waals surface area contributed by atoms with Crippen molar-refractivity contribution < 1.29 is 4.92 Å². The van der Waals surface area contributed by atoms with Gasteiger partial charge < -0.3 is 10.2 Å². The molecule has 6 nitrogen and oxygen atoms in total. The van der Waals surface area contributed by atoms with Crippen LogP contribution in [0.5, 0.6) is 0 Å². The predicted molar refractivity (Wildman–Crippen MR) is 109 cm³/mol. The summed E-state index contributed by atoms with van der Waals surface area (Å²) in [5.74, 6) is 0. The van der Waals surface area contributed by atoms with Crippen molar-refractivity contribution in [3.8, 4) is 0 Å². The fraction of sp³-hybridized carbons (Fsp3) is 0.429. The first-order valence-corrected chi connectivity index (χ1v) is 9.47. The van der Waals surface area contributed by atoms with Crippen LogP contribution in [0.4, 0.5) is 11.4 Å². The minimum absolute atomic E-state index is 0.164. The summed E-state index contributed by atoms with van der Waals surface area (Å²) >= 11 is 0. The molecule has 144 valence electrons. The van der Waals surface area contributed by atoms with Crippen LogP contribution in [-0.2, 0) is 13.1 Å². The van der Waals surface area contributed by atoms with Crippen molar-refractivity contribution in [2.24, 2.45) is 0 Å². The van der Waals surface area contributed by atoms with Crippen molar-refractivity contribution in [1.29, 1.82) is 0 Å². The number of hydrogen-bond donors (Lipinski definition) is 1. The number of nitrogens with zero attached hydrogens (tertiary/aromatic N) is 3. The molecule has 1 saturated heterocycles. The molecule has 0 bridgehead atoms. The molecule has 1 aliphatic rings. The second-order valence-electron chi connectivity index (χ2n) is 7.39. The van der Waals surface area contributed by atoms with Crippen molar-refractivity contribution in [3.05, 3.63) is 69.8 Å². The lowest BCUT2D eigenvalue weighted by atomic mass is 10.0. The van der Waals surface area contributed by atoms with Gasteiger partial charge in [0.25, 0.3) is 5.69 Å². The van der Waals surface area contributed by atoms with E-state index in [0.717, 1.165) is 38.0 Å². The Labute approximate surface area is 160 Å². The number of benzene rings is 2. The molecular weight excluding hydrogens is 340 g/mol. The Morgan fingerprint density at radius 1 is 1.11 bits per heavy atom. The maximum Gasteiger partial charge on any atom is 0.292 e. The molecule has 0 unspecified atom stereocenters. The van der Waals surface area contributed by atoms with Crippen LogP contribution in [-0.4, -0.2) is 43.0 Å². The van der Waals surface area contributed by atoms with Crippen molar-refractivity contribution in [2.75, 3.05) is 32.1 Å². The van der Waals surface area contributed by atoms with Crippen LogP contribution in [0.15, 0.2) is 48.5 Å². The van der Waals surface area contributed by atoms with Crippen molar-refractivity contribution >= 4 is 11.4 Å². The first-order chi connectivity index (χ1) is 13.0. The van der Waals surface area contributed by atoms with Crippen LogP contribution < -0.4 is 10.2 Å². The van der Waals surface area contributed by atoms with Crippen molar-refractivity contribution in [2.45, 2.75) is 32.0 Å². The van der Waals surface area contributed by atoms with Crippen LogP contribution in [0.1, 0.15) is 24.0 Å². The molecule has 6 heteroatoms. The van der Waals surface area contributed by atoms with Crippen LogP contribution in [0.2, 0.25) is 0 Å². The third-order valence-electron chi connectivity index (χ3n) is 5.15. The number of nitro groups is 1. The minimum Gasteiger partial charge on any atom is -0.372 e. The van der Waals surface area contributed by atoms with Crippen molar-refractivity contribution in [1.82, 2.24) is 10.2 Å². The number of likely N-dealkylation sites (tertiary alicyclic amines) is 1. The third kappa shape index (κ3) is 5.28. The highest BCUT2D eigenvalue weighted by atomic mass is 16.6. The zero-order valence-electron chi connectivity index (χ0n) is 16.1. The summed E-state index contributed by atoms with van der Waals surface area (Å²) in [7, 11) is 3.65. The summed E-state index contributed by atoms with van der Waals surface area (Å²) in [4.78, 5) is 15.3. The summed E-state index contributed by atoms with van der Waals surface area (Å²) in [5.41, 5.74) is 3.12. The molecule has 2 aromatic carbocycles. The summed E-state index contributed by atoms with van der Waals surface area (Å²) in [6, 6.07) is 16.5. The highest BCUT2D eigenvalue weighted by molar-refractivity contribution is 5.63. The van der Waals surface area contributed by atoms with E-state index in [-0.39, 0.29) is 10.6 Å². The fourth-order valence-corrected chi connectivity index (χ4v) is 3.60. The van der Waals surface area contributed by atoms with Gasteiger partial charge in [-0.15, -0.1) is 0 Å². The number of rotatable bonds is 7. The largest absolute Gasteiger partial charge is 0.372 e. The van der Waals surface area contributed by atoms with Gasteiger partial charge >= 0.3 is 0 Å². The van der Waals surface area contributed by atoms with E-state index in [1.54, 1.807) is 11.0 Å². The Kier molecular flexibility index (Phi) is 6.42. The monoisotopic (exact) mass is 368 g/mol. The number of nitrogens with one attached hydrogen (secondary N) is 1. The van der Waals surface area contributed by atoms with E-state index in [4.69, 9.17) is 0 Å². The average Bonchev–Trinajstić information content (AvgIpc) is 2.68. The lowest BCUT2D eigenvalue weighted by molar-refractivity contribution is -0.384. The zero-order valence-corrected chi connectivity index (χ0v) is 16.1. The molecule has 0 saturated carbocycles. The van der Waals surface area contributed by atoms with E-state index in [1.165, 1.54) is 5.56 Å². The van der Waals surface area contributed by atoms with Gasteiger partial charge in [0, 0.05) is 39.3 Å². The normalized spacial score (nSPS) is 15.6. The number of anilines is 1. The standard InChI is InChI=1S/C21H28N4O2/c1-23(2)20-9-8-18(14-21(20)25(26)27)15-22-19-10-12-24(13-11-19)16-17-6-4-3-5-7-17/h3-9,14,19,22H,10-13,15-16H2,1-2H3. The van der Waals surface area contributed by atoms with Gasteiger partial charge in [-0.1, -0.05) is 36.4 Å². The fourth-order valence-electron chi connectivity index (χ4n) is 3.60. The van der Waals surface area contributed by atoms with Crippen LogP contribution in [0.3, 0.4) is 0 Å². The van der Waals surface area contributed by atoms with E-state index in [1.807, 2.05) is 26.2 Å². The van der Waals surface area contributed by atoms with Gasteiger partial charge in [-0.2, -0.15) is 0 Å². The molecule has 2 aromatic rings. The quantitative estimate of drug-likeness (QED) is 0.599. The third-order valence-corrected chi connectivity index (χ3v) is 5.15. The van der Waals surface area contributed by atoms with E-state index < -0.39 is 0 Å². The molecule has 1 heterocycles. The molecular formula is C21H28N4O2. The Morgan fingerprint density at radius 3 is 2.44 bits per heavy atom. The van der Waals surface area contributed by atoms with Gasteiger partial charge in [0.15, 0.2) is 0 Å². The van der Waals surface area contributed by atoms with E-state index in [0.29, 0.717) is 18.3 Å². The van der Waals surface area contributed by atoms with E-state index in [9.17, 15) is 10.1 Å². The molecule has 0 aromatic heterocycles. The van der Waals surface area contributed by atoms with Gasteiger partial charge in [0.2, 0.25) is 0 Å². The highest BCUT2D eigenvalue weighted by Crippen LogP contribution is 2.27. The molecule has 0 amide bonds. The molecule has 1 N–H and O–H groups in total. The zero-order chi connectivity index (χ0) is 19.2. The molecule has 0 spiro atoms. The topological polar surface area (TPSA) is 61.6 Å². The van der Waals surface area contributed by atoms with Crippen LogP contribution >= 0.6 is 0 Å². The smallest absolute Gasteiger partial charge is 0.292 e. The minimum atomic E-state index is -0.305. The maximum atomic E-state index is 11.3. The second kappa shape index (κ2) is 8.97. The number of piperidine rings is 1. The second-order valence-corrected chi connectivity index (χ2v) is 7.39. The Hall–Kier alpha value is -2.44. The van der Waals surface area contributed by atoms with Gasteiger partial charge in [-0.05, 0) is 43.1 Å². The molecule has 27 heavy (non-hydrogen) atoms. The van der Waals surface area contributed by atoms with Crippen LogP contribution in [0.25, 0.3) is 0 Å². The lowest BCUT2D eigenvalue weighted by Gasteiger charge is -2.32. The summed E-state index contributed by atoms with van der Waals surface area (Å²) in [6.45, 7) is 3.82. The van der Waals surface area contributed by atoms with E-state index in [2.05, 4.69) is 40.5 Å². The molecule has 0 aliphatic carbocycles. The van der Waals surface area contributed by atoms with Gasteiger partial charge in [0.05, 0.1) is 4.92 Å². The molecule has 1 fully saturated rings. The maximum absolute atomic E-state index is 11.3. The SMILES string of the molecule is CN(C)c1ccc(CNC2CCN(Cc3ccccc3)CC2)cc1[N+](=O)[O-]. The Bertz CT molecular complexity index is 756. The molecule has 3 rings (SSSR count). The summed E-state index contributed by atoms with van der Waals surface area (Å²) in [6.07, 6.45) is 2.20. The van der Waals surface area contributed by atoms with E-state index >= 15 is 0 Å². The highest BCUT2D eigenvalue weighted by Gasteiger charge is 2.20. The number of hydrogen-bond acceptors (Lipinski definition) is 5. The Balaban J connectivity index is 1.50. The molecule has 0 atom stereocenters. The predicted octanol–water partition coefficient (Wildman–Crippen LogP) is 3.42. The van der Waals surface area contributed by atoms with Gasteiger partial charge in [-0.3, -0.25) is 15.0 Å². The average molecular weight is 368 g/mol. The van der Waals surface area contributed by atoms with Gasteiger partial charge in [0.1, 0.15) is 5.69 Å². The summed E-state index contributed by atoms with van der Waals surface area (Å²) < 4.78 is 0. The lowest BCUT2D eigenvalue weighted by Crippen LogP contribution is -2.41. The molecule has 1 aliphatic heterocycles. The first kappa shape index (κ1) is 19.3. The van der Waals surface area contributed by atoms with Crippen molar-refractivity contribution in [3.63, 3.8) is 0 Å². The van der Waals surface area contributed by atoms with Crippen LogP contribution in [0, 0.1) is 10.1 Å².